The van der Waals surface area contributed by atoms with Gasteiger partial charge in [-0.3, -0.25) is 10.1 Å². The van der Waals surface area contributed by atoms with Crippen molar-refractivity contribution in [2.24, 2.45) is 11.7 Å². The molecule has 0 bridgehead atoms. The zero-order valence-electron chi connectivity index (χ0n) is 11.9. The van der Waals surface area contributed by atoms with E-state index in [1.807, 2.05) is 13.0 Å². The van der Waals surface area contributed by atoms with Crippen molar-refractivity contribution in [1.82, 2.24) is 0 Å². The molecule has 0 amide bonds. The standard InChI is InChI=1S/C14H21N3O3/c1-3-20-13-7-11(6-12(8-13)17(18)19)16-5-4-10(2)14(15)9-16/h6-8,10,14H,3-5,9,15H2,1-2H3. The Balaban J connectivity index is 2.28. The van der Waals surface area contributed by atoms with Gasteiger partial charge in [0.15, 0.2) is 0 Å². The third kappa shape index (κ3) is 3.19. The molecular weight excluding hydrogens is 258 g/mol. The van der Waals surface area contributed by atoms with Crippen LogP contribution < -0.4 is 15.4 Å². The van der Waals surface area contributed by atoms with Crippen molar-refractivity contribution in [2.45, 2.75) is 26.3 Å². The molecule has 1 aromatic rings. The molecule has 1 aliphatic heterocycles. The first kappa shape index (κ1) is 14.6. The van der Waals surface area contributed by atoms with Crippen molar-refractivity contribution >= 4 is 11.4 Å². The molecule has 2 atom stereocenters. The van der Waals surface area contributed by atoms with E-state index in [1.165, 1.54) is 6.07 Å². The molecule has 0 aliphatic carbocycles. The van der Waals surface area contributed by atoms with Crippen LogP contribution in [-0.2, 0) is 0 Å². The fraction of sp³-hybridized carbons (Fsp3) is 0.571. The Morgan fingerprint density at radius 3 is 2.85 bits per heavy atom. The number of anilines is 1. The van der Waals surface area contributed by atoms with E-state index in [0.717, 1.165) is 18.7 Å². The van der Waals surface area contributed by atoms with Crippen LogP contribution in [0.2, 0.25) is 0 Å². The number of piperidine rings is 1. The first-order chi connectivity index (χ1) is 9.51. The normalized spacial score (nSPS) is 22.6. The Hall–Kier alpha value is -1.82. The number of nitrogens with two attached hydrogens (primary N) is 1. The van der Waals surface area contributed by atoms with Gasteiger partial charge in [-0.2, -0.15) is 0 Å². The lowest BCUT2D eigenvalue weighted by molar-refractivity contribution is -0.384. The van der Waals surface area contributed by atoms with Crippen molar-refractivity contribution in [2.75, 3.05) is 24.6 Å². The lowest BCUT2D eigenvalue weighted by atomic mass is 9.94. The minimum Gasteiger partial charge on any atom is -0.494 e. The van der Waals surface area contributed by atoms with Crippen LogP contribution in [0.25, 0.3) is 0 Å². The highest BCUT2D eigenvalue weighted by atomic mass is 16.6. The number of nitro groups is 1. The zero-order chi connectivity index (χ0) is 14.7. The Kier molecular flexibility index (Phi) is 4.44. The van der Waals surface area contributed by atoms with Gasteiger partial charge in [-0.25, -0.2) is 0 Å². The highest BCUT2D eigenvalue weighted by Gasteiger charge is 2.24. The summed E-state index contributed by atoms with van der Waals surface area (Å²) in [5.74, 6) is 1.01. The fourth-order valence-corrected chi connectivity index (χ4v) is 2.44. The van der Waals surface area contributed by atoms with Gasteiger partial charge in [0.1, 0.15) is 5.75 Å². The number of rotatable bonds is 4. The second-order valence-corrected chi connectivity index (χ2v) is 5.25. The van der Waals surface area contributed by atoms with Crippen molar-refractivity contribution in [3.8, 4) is 5.75 Å². The van der Waals surface area contributed by atoms with E-state index in [1.54, 1.807) is 6.07 Å². The molecule has 1 heterocycles. The maximum Gasteiger partial charge on any atom is 0.275 e. The van der Waals surface area contributed by atoms with E-state index in [-0.39, 0.29) is 11.7 Å². The highest BCUT2D eigenvalue weighted by Crippen LogP contribution is 2.30. The first-order valence-corrected chi connectivity index (χ1v) is 6.94. The average molecular weight is 279 g/mol. The minimum atomic E-state index is -0.390. The number of benzene rings is 1. The van der Waals surface area contributed by atoms with Gasteiger partial charge in [0.05, 0.1) is 17.6 Å². The predicted molar refractivity (Wildman–Crippen MR) is 78.2 cm³/mol. The summed E-state index contributed by atoms with van der Waals surface area (Å²) in [5, 5.41) is 11.0. The molecule has 2 unspecified atom stereocenters. The Bertz CT molecular complexity index is 493. The van der Waals surface area contributed by atoms with Gasteiger partial charge < -0.3 is 15.4 Å². The minimum absolute atomic E-state index is 0.0538. The molecule has 1 aliphatic rings. The second-order valence-electron chi connectivity index (χ2n) is 5.25. The van der Waals surface area contributed by atoms with Gasteiger partial charge in [-0.05, 0) is 19.3 Å². The van der Waals surface area contributed by atoms with Crippen LogP contribution in [0.5, 0.6) is 5.75 Å². The number of nitrogens with zero attached hydrogens (tertiary/aromatic N) is 2. The number of hydrogen-bond acceptors (Lipinski definition) is 5. The maximum atomic E-state index is 11.0. The van der Waals surface area contributed by atoms with Crippen LogP contribution in [0.15, 0.2) is 18.2 Å². The summed E-state index contributed by atoms with van der Waals surface area (Å²) < 4.78 is 5.41. The Morgan fingerprint density at radius 2 is 2.25 bits per heavy atom. The third-order valence-electron chi connectivity index (χ3n) is 3.78. The molecule has 110 valence electrons. The quantitative estimate of drug-likeness (QED) is 0.674. The molecule has 0 saturated carbocycles. The summed E-state index contributed by atoms with van der Waals surface area (Å²) in [5.41, 5.74) is 6.96. The van der Waals surface area contributed by atoms with Gasteiger partial charge in [-0.15, -0.1) is 0 Å². The van der Waals surface area contributed by atoms with Crippen molar-refractivity contribution in [3.63, 3.8) is 0 Å². The first-order valence-electron chi connectivity index (χ1n) is 6.94. The van der Waals surface area contributed by atoms with Crippen LogP contribution in [0.3, 0.4) is 0 Å². The topological polar surface area (TPSA) is 81.6 Å². The van der Waals surface area contributed by atoms with Crippen molar-refractivity contribution in [3.05, 3.63) is 28.3 Å². The number of non-ortho nitro benzene ring substituents is 1. The van der Waals surface area contributed by atoms with Crippen LogP contribution in [0.4, 0.5) is 11.4 Å². The molecule has 6 heteroatoms. The number of ether oxygens (including phenoxy) is 1. The van der Waals surface area contributed by atoms with E-state index in [0.29, 0.717) is 24.8 Å². The molecule has 0 spiro atoms. The molecule has 2 rings (SSSR count). The van der Waals surface area contributed by atoms with Crippen LogP contribution in [0, 0.1) is 16.0 Å². The lowest BCUT2D eigenvalue weighted by Crippen LogP contribution is -2.47. The monoisotopic (exact) mass is 279 g/mol. The van der Waals surface area contributed by atoms with Gasteiger partial charge in [0, 0.05) is 37.0 Å². The summed E-state index contributed by atoms with van der Waals surface area (Å²) in [6, 6.07) is 4.99. The average Bonchev–Trinajstić information content (AvgIpc) is 2.42. The van der Waals surface area contributed by atoms with E-state index < -0.39 is 4.92 Å². The van der Waals surface area contributed by atoms with E-state index in [4.69, 9.17) is 10.5 Å². The third-order valence-corrected chi connectivity index (χ3v) is 3.78. The lowest BCUT2D eigenvalue weighted by Gasteiger charge is -2.36. The number of nitro benzene ring substituents is 1. The largest absolute Gasteiger partial charge is 0.494 e. The molecule has 2 N–H and O–H groups in total. The molecule has 0 aromatic heterocycles. The van der Waals surface area contributed by atoms with Crippen LogP contribution in [0.1, 0.15) is 20.3 Å². The van der Waals surface area contributed by atoms with E-state index in [2.05, 4.69) is 11.8 Å². The molecular formula is C14H21N3O3. The molecule has 1 saturated heterocycles. The van der Waals surface area contributed by atoms with E-state index >= 15 is 0 Å². The Labute approximate surface area is 118 Å². The summed E-state index contributed by atoms with van der Waals surface area (Å²) >= 11 is 0. The van der Waals surface area contributed by atoms with Gasteiger partial charge in [-0.1, -0.05) is 6.92 Å². The van der Waals surface area contributed by atoms with Gasteiger partial charge >= 0.3 is 0 Å². The van der Waals surface area contributed by atoms with Crippen molar-refractivity contribution in [1.29, 1.82) is 0 Å². The van der Waals surface area contributed by atoms with Crippen molar-refractivity contribution < 1.29 is 9.66 Å². The smallest absolute Gasteiger partial charge is 0.275 e. The fourth-order valence-electron chi connectivity index (χ4n) is 2.44. The number of hydrogen-bond donors (Lipinski definition) is 1. The summed E-state index contributed by atoms with van der Waals surface area (Å²) in [6.45, 7) is 6.06. The predicted octanol–water partition coefficient (Wildman–Crippen LogP) is 2.17. The summed E-state index contributed by atoms with van der Waals surface area (Å²) in [7, 11) is 0. The van der Waals surface area contributed by atoms with Crippen LogP contribution >= 0.6 is 0 Å². The van der Waals surface area contributed by atoms with Gasteiger partial charge in [0.25, 0.3) is 5.69 Å². The molecule has 6 nitrogen and oxygen atoms in total. The maximum absolute atomic E-state index is 11.0. The molecule has 1 aromatic carbocycles. The Morgan fingerprint density at radius 1 is 1.50 bits per heavy atom. The molecule has 0 radical (unpaired) electrons. The van der Waals surface area contributed by atoms with Gasteiger partial charge in [0.2, 0.25) is 0 Å². The highest BCUT2D eigenvalue weighted by molar-refractivity contribution is 5.58. The second kappa shape index (κ2) is 6.09. The van der Waals surface area contributed by atoms with Crippen LogP contribution in [-0.4, -0.2) is 30.7 Å². The molecule has 20 heavy (non-hydrogen) atoms. The molecule has 1 fully saturated rings. The zero-order valence-corrected chi connectivity index (χ0v) is 11.9. The summed E-state index contributed by atoms with van der Waals surface area (Å²) in [6.07, 6.45) is 0.994. The SMILES string of the molecule is CCOc1cc(N2CCC(C)C(N)C2)cc([N+](=O)[O-])c1. The van der Waals surface area contributed by atoms with E-state index in [9.17, 15) is 10.1 Å². The summed E-state index contributed by atoms with van der Waals surface area (Å²) in [4.78, 5) is 12.7.